The topological polar surface area (TPSA) is 67.2 Å². The molecule has 0 saturated carbocycles. The number of aryl methyl sites for hydroxylation is 1. The minimum Gasteiger partial charge on any atom is -0.353 e. The van der Waals surface area contributed by atoms with Gasteiger partial charge in [-0.2, -0.15) is 0 Å². The van der Waals surface area contributed by atoms with Crippen molar-refractivity contribution in [3.63, 3.8) is 0 Å². The van der Waals surface area contributed by atoms with Gasteiger partial charge in [-0.1, -0.05) is 18.2 Å². The van der Waals surface area contributed by atoms with Gasteiger partial charge < -0.3 is 9.80 Å². The highest BCUT2D eigenvalue weighted by molar-refractivity contribution is 5.79. The number of anilines is 1. The van der Waals surface area contributed by atoms with Crippen molar-refractivity contribution in [1.82, 2.24) is 24.4 Å². The van der Waals surface area contributed by atoms with E-state index >= 15 is 0 Å². The molecule has 0 radical (unpaired) electrons. The number of hydrogen-bond acceptors (Lipinski definition) is 5. The van der Waals surface area contributed by atoms with Crippen molar-refractivity contribution in [2.75, 3.05) is 31.1 Å². The van der Waals surface area contributed by atoms with Crippen LogP contribution in [-0.4, -0.2) is 56.5 Å². The van der Waals surface area contributed by atoms with Gasteiger partial charge in [0.25, 0.3) is 0 Å². The Balaban J connectivity index is 1.24. The zero-order valence-electron chi connectivity index (χ0n) is 17.5. The lowest BCUT2D eigenvalue weighted by molar-refractivity contribution is -0.130. The van der Waals surface area contributed by atoms with Crippen molar-refractivity contribution < 1.29 is 4.79 Å². The van der Waals surface area contributed by atoms with Crippen LogP contribution in [0.4, 0.5) is 5.82 Å². The molecular formula is C24H24N6O. The number of rotatable bonds is 4. The zero-order chi connectivity index (χ0) is 21.2. The molecule has 1 aromatic carbocycles. The smallest absolute Gasteiger partial charge is 0.227 e. The molecular weight excluding hydrogens is 388 g/mol. The minimum absolute atomic E-state index is 0.166. The Labute approximate surface area is 181 Å². The lowest BCUT2D eigenvalue weighted by atomic mass is 10.1. The summed E-state index contributed by atoms with van der Waals surface area (Å²) in [7, 11) is 0. The largest absolute Gasteiger partial charge is 0.353 e. The summed E-state index contributed by atoms with van der Waals surface area (Å²) in [5.41, 5.74) is 3.73. The van der Waals surface area contributed by atoms with Crippen molar-refractivity contribution in [1.29, 1.82) is 0 Å². The second-order valence-corrected chi connectivity index (χ2v) is 7.74. The van der Waals surface area contributed by atoms with Gasteiger partial charge in [0, 0.05) is 44.3 Å². The molecule has 0 atom stereocenters. The highest BCUT2D eigenvalue weighted by Crippen LogP contribution is 2.20. The molecule has 0 bridgehead atoms. The molecule has 31 heavy (non-hydrogen) atoms. The number of carbonyl (C=O) groups excluding carboxylic acids is 1. The number of imidazole rings is 1. The molecule has 7 nitrogen and oxygen atoms in total. The summed E-state index contributed by atoms with van der Waals surface area (Å²) >= 11 is 0. The first-order valence-corrected chi connectivity index (χ1v) is 10.5. The van der Waals surface area contributed by atoms with Gasteiger partial charge >= 0.3 is 0 Å². The van der Waals surface area contributed by atoms with Crippen LogP contribution in [0, 0.1) is 6.92 Å². The fourth-order valence-electron chi connectivity index (χ4n) is 4.11. The quantitative estimate of drug-likeness (QED) is 0.516. The molecule has 1 saturated heterocycles. The molecule has 1 amide bonds. The lowest BCUT2D eigenvalue weighted by Gasteiger charge is -2.35. The van der Waals surface area contributed by atoms with E-state index < -0.39 is 0 Å². The van der Waals surface area contributed by atoms with Crippen LogP contribution < -0.4 is 4.90 Å². The van der Waals surface area contributed by atoms with Gasteiger partial charge in [0.2, 0.25) is 5.91 Å². The van der Waals surface area contributed by atoms with Gasteiger partial charge in [-0.25, -0.2) is 15.0 Å². The van der Waals surface area contributed by atoms with Crippen LogP contribution in [0.5, 0.6) is 0 Å². The molecule has 0 spiro atoms. The molecule has 156 valence electrons. The van der Waals surface area contributed by atoms with E-state index in [1.54, 1.807) is 12.4 Å². The molecule has 4 heterocycles. The second-order valence-electron chi connectivity index (χ2n) is 7.74. The molecule has 7 heteroatoms. The average Bonchev–Trinajstić information content (AvgIpc) is 3.16. The summed E-state index contributed by atoms with van der Waals surface area (Å²) in [5, 5.41) is 0. The Morgan fingerprint density at radius 3 is 2.42 bits per heavy atom. The van der Waals surface area contributed by atoms with Crippen LogP contribution in [0.2, 0.25) is 0 Å². The Kier molecular flexibility index (Phi) is 5.08. The average molecular weight is 412 g/mol. The predicted molar refractivity (Wildman–Crippen MR) is 120 cm³/mol. The highest BCUT2D eigenvalue weighted by atomic mass is 16.2. The number of nitrogens with zero attached hydrogens (tertiary/aromatic N) is 6. The molecule has 1 aliphatic rings. The van der Waals surface area contributed by atoms with Crippen molar-refractivity contribution >= 4 is 22.9 Å². The number of piperazine rings is 1. The van der Waals surface area contributed by atoms with E-state index in [4.69, 9.17) is 0 Å². The molecule has 3 aromatic heterocycles. The molecule has 4 aromatic rings. The molecule has 0 aliphatic carbocycles. The summed E-state index contributed by atoms with van der Waals surface area (Å²) in [6, 6.07) is 17.9. The maximum Gasteiger partial charge on any atom is 0.227 e. The minimum atomic E-state index is 0.166. The summed E-state index contributed by atoms with van der Waals surface area (Å²) in [6.07, 6.45) is 3.99. The fourth-order valence-corrected chi connectivity index (χ4v) is 4.11. The van der Waals surface area contributed by atoms with Crippen LogP contribution in [0.15, 0.2) is 67.0 Å². The van der Waals surface area contributed by atoms with Crippen LogP contribution in [0.1, 0.15) is 11.4 Å². The van der Waals surface area contributed by atoms with Crippen molar-refractivity contribution in [2.45, 2.75) is 13.3 Å². The van der Waals surface area contributed by atoms with E-state index in [-0.39, 0.29) is 5.91 Å². The monoisotopic (exact) mass is 412 g/mol. The van der Waals surface area contributed by atoms with Gasteiger partial charge in [0.15, 0.2) is 5.65 Å². The van der Waals surface area contributed by atoms with Crippen LogP contribution in [-0.2, 0) is 11.2 Å². The normalized spacial score (nSPS) is 14.2. The molecule has 0 unspecified atom stereocenters. The Morgan fingerprint density at radius 2 is 1.68 bits per heavy atom. The maximum absolute atomic E-state index is 12.8. The van der Waals surface area contributed by atoms with Gasteiger partial charge in [-0.3, -0.25) is 9.36 Å². The van der Waals surface area contributed by atoms with E-state index in [2.05, 4.69) is 19.9 Å². The lowest BCUT2D eigenvalue weighted by Crippen LogP contribution is -2.49. The molecule has 5 rings (SSSR count). The zero-order valence-corrected chi connectivity index (χ0v) is 17.5. The van der Waals surface area contributed by atoms with Gasteiger partial charge in [-0.05, 0) is 48.9 Å². The first-order valence-electron chi connectivity index (χ1n) is 10.5. The Hall–Kier alpha value is -3.74. The van der Waals surface area contributed by atoms with E-state index in [0.717, 1.165) is 60.2 Å². The fraction of sp³-hybridized carbons (Fsp3) is 0.250. The molecule has 1 aliphatic heterocycles. The number of benzene rings is 1. The molecule has 0 N–H and O–H groups in total. The summed E-state index contributed by atoms with van der Waals surface area (Å²) in [4.78, 5) is 30.5. The second kappa shape index (κ2) is 8.18. The number of carbonyl (C=O) groups is 1. The predicted octanol–water partition coefficient (Wildman–Crippen LogP) is 3.02. The Bertz CT molecular complexity index is 1190. The highest BCUT2D eigenvalue weighted by Gasteiger charge is 2.22. The number of fused-ring (bicyclic) bond motifs is 1. The number of amides is 1. The van der Waals surface area contributed by atoms with E-state index in [1.807, 2.05) is 71.0 Å². The van der Waals surface area contributed by atoms with Crippen LogP contribution in [0.3, 0.4) is 0 Å². The molecule has 1 fully saturated rings. The first-order chi connectivity index (χ1) is 15.2. The standard InChI is InChI=1S/C24H24N6O/c1-18-27-21-5-4-12-26-24(21)30(18)20-9-7-19(8-10-20)17-23(31)29-15-13-28(14-16-29)22-6-2-3-11-25-22/h2-12H,13-17H2,1H3. The van der Waals surface area contributed by atoms with Crippen LogP contribution in [0.25, 0.3) is 16.9 Å². The Morgan fingerprint density at radius 1 is 0.903 bits per heavy atom. The summed E-state index contributed by atoms with van der Waals surface area (Å²) < 4.78 is 2.04. The van der Waals surface area contributed by atoms with E-state index in [9.17, 15) is 4.79 Å². The number of pyridine rings is 2. The maximum atomic E-state index is 12.8. The third kappa shape index (κ3) is 3.86. The third-order valence-electron chi connectivity index (χ3n) is 5.74. The van der Waals surface area contributed by atoms with E-state index in [1.165, 1.54) is 0 Å². The van der Waals surface area contributed by atoms with Gasteiger partial charge in [0.05, 0.1) is 6.42 Å². The van der Waals surface area contributed by atoms with Crippen molar-refractivity contribution in [3.05, 3.63) is 78.4 Å². The number of hydrogen-bond donors (Lipinski definition) is 0. The van der Waals surface area contributed by atoms with Crippen LogP contribution >= 0.6 is 0 Å². The third-order valence-corrected chi connectivity index (χ3v) is 5.74. The first kappa shape index (κ1) is 19.2. The summed E-state index contributed by atoms with van der Waals surface area (Å²) in [5.74, 6) is 2.03. The SMILES string of the molecule is Cc1nc2cccnc2n1-c1ccc(CC(=O)N2CCN(c3ccccn3)CC2)cc1. The number of aromatic nitrogens is 4. The van der Waals surface area contributed by atoms with Gasteiger partial charge in [-0.15, -0.1) is 0 Å². The summed E-state index contributed by atoms with van der Waals surface area (Å²) in [6.45, 7) is 5.03. The van der Waals surface area contributed by atoms with Crippen molar-refractivity contribution in [2.24, 2.45) is 0 Å². The van der Waals surface area contributed by atoms with E-state index in [0.29, 0.717) is 6.42 Å². The van der Waals surface area contributed by atoms with Crippen molar-refractivity contribution in [3.8, 4) is 5.69 Å². The van der Waals surface area contributed by atoms with Gasteiger partial charge in [0.1, 0.15) is 17.2 Å².